The Kier molecular flexibility index (Phi) is 4.81. The van der Waals surface area contributed by atoms with E-state index in [-0.39, 0.29) is 5.91 Å². The number of carbonyl (C=O) groups is 1. The molecule has 5 nitrogen and oxygen atoms in total. The Hall–Kier alpha value is -2.40. The third-order valence-corrected chi connectivity index (χ3v) is 4.53. The van der Waals surface area contributed by atoms with Crippen molar-refractivity contribution in [2.45, 2.75) is 0 Å². The summed E-state index contributed by atoms with van der Waals surface area (Å²) in [5, 5.41) is 0.396. The van der Waals surface area contributed by atoms with Crippen molar-refractivity contribution < 1.29 is 9.53 Å². The number of methoxy groups -OCH3 is 1. The predicted octanol–water partition coefficient (Wildman–Crippen LogP) is 2.89. The highest BCUT2D eigenvalue weighted by molar-refractivity contribution is 6.34. The van der Waals surface area contributed by atoms with Crippen LogP contribution in [0.3, 0.4) is 0 Å². The van der Waals surface area contributed by atoms with Gasteiger partial charge in [-0.05, 0) is 30.3 Å². The Morgan fingerprint density at radius 3 is 2.50 bits per heavy atom. The summed E-state index contributed by atoms with van der Waals surface area (Å²) in [6, 6.07) is 12.9. The van der Waals surface area contributed by atoms with Crippen LogP contribution in [0.5, 0.6) is 5.75 Å². The molecule has 1 aliphatic rings. The zero-order valence-corrected chi connectivity index (χ0v) is 14.3. The van der Waals surface area contributed by atoms with Crippen LogP contribution in [0.1, 0.15) is 10.4 Å². The molecular weight excluding hydrogens is 326 g/mol. The van der Waals surface area contributed by atoms with E-state index in [0.717, 1.165) is 24.5 Å². The molecule has 24 heavy (non-hydrogen) atoms. The van der Waals surface area contributed by atoms with Crippen LogP contribution in [0.15, 0.2) is 42.5 Å². The van der Waals surface area contributed by atoms with E-state index in [9.17, 15) is 4.79 Å². The van der Waals surface area contributed by atoms with Crippen LogP contribution in [-0.4, -0.2) is 44.1 Å². The van der Waals surface area contributed by atoms with Crippen molar-refractivity contribution in [2.75, 3.05) is 43.9 Å². The monoisotopic (exact) mass is 345 g/mol. The number of nitrogen functional groups attached to an aromatic ring is 1. The number of amides is 1. The maximum absolute atomic E-state index is 12.7. The fourth-order valence-electron chi connectivity index (χ4n) is 2.92. The molecular formula is C18H20ClN3O2. The van der Waals surface area contributed by atoms with Gasteiger partial charge in [-0.15, -0.1) is 0 Å². The number of hydrogen-bond acceptors (Lipinski definition) is 4. The molecule has 0 aliphatic carbocycles. The second-order valence-corrected chi connectivity index (χ2v) is 6.10. The zero-order chi connectivity index (χ0) is 17.1. The highest BCUT2D eigenvalue weighted by Gasteiger charge is 2.24. The van der Waals surface area contributed by atoms with E-state index < -0.39 is 0 Å². The highest BCUT2D eigenvalue weighted by atomic mass is 35.5. The van der Waals surface area contributed by atoms with Crippen molar-refractivity contribution in [1.82, 2.24) is 4.90 Å². The molecule has 126 valence electrons. The second-order valence-electron chi connectivity index (χ2n) is 5.69. The average Bonchev–Trinajstić information content (AvgIpc) is 2.61. The van der Waals surface area contributed by atoms with Gasteiger partial charge >= 0.3 is 0 Å². The van der Waals surface area contributed by atoms with Gasteiger partial charge in [0.25, 0.3) is 5.91 Å². The van der Waals surface area contributed by atoms with E-state index in [1.54, 1.807) is 25.3 Å². The lowest BCUT2D eigenvalue weighted by molar-refractivity contribution is 0.0747. The maximum atomic E-state index is 12.7. The summed E-state index contributed by atoms with van der Waals surface area (Å²) in [5.41, 5.74) is 7.79. The van der Waals surface area contributed by atoms with Gasteiger partial charge in [-0.25, -0.2) is 0 Å². The van der Waals surface area contributed by atoms with Gasteiger partial charge in [0.15, 0.2) is 0 Å². The number of benzene rings is 2. The highest BCUT2D eigenvalue weighted by Crippen LogP contribution is 2.29. The minimum absolute atomic E-state index is 0.0559. The molecule has 0 spiro atoms. The molecule has 0 bridgehead atoms. The third-order valence-electron chi connectivity index (χ3n) is 4.22. The molecule has 1 heterocycles. The maximum Gasteiger partial charge on any atom is 0.255 e. The lowest BCUT2D eigenvalue weighted by atomic mass is 10.1. The summed E-state index contributed by atoms with van der Waals surface area (Å²) in [6.07, 6.45) is 0. The Morgan fingerprint density at radius 1 is 1.12 bits per heavy atom. The second kappa shape index (κ2) is 7.01. The molecule has 6 heteroatoms. The van der Waals surface area contributed by atoms with Crippen molar-refractivity contribution in [1.29, 1.82) is 0 Å². The number of halogens is 1. The number of rotatable bonds is 3. The number of carbonyl (C=O) groups excluding carboxylic acids is 1. The standard InChI is InChI=1S/C18H20ClN3O2/c1-24-17-5-3-2-4-16(17)21-8-10-22(11-9-21)18(23)14-7-6-13(20)12-15(14)19/h2-7,12H,8-11,20H2,1H3. The molecule has 1 amide bonds. The first-order valence-corrected chi connectivity index (χ1v) is 8.20. The van der Waals surface area contributed by atoms with Crippen molar-refractivity contribution in [3.63, 3.8) is 0 Å². The van der Waals surface area contributed by atoms with Crippen LogP contribution >= 0.6 is 11.6 Å². The first-order chi connectivity index (χ1) is 11.6. The lowest BCUT2D eigenvalue weighted by Gasteiger charge is -2.36. The Morgan fingerprint density at radius 2 is 1.83 bits per heavy atom. The topological polar surface area (TPSA) is 58.8 Å². The molecule has 1 aliphatic heterocycles. The number of anilines is 2. The fourth-order valence-corrected chi connectivity index (χ4v) is 3.19. The summed E-state index contributed by atoms with van der Waals surface area (Å²) in [7, 11) is 1.67. The van der Waals surface area contributed by atoms with Crippen molar-refractivity contribution in [3.05, 3.63) is 53.1 Å². The smallest absolute Gasteiger partial charge is 0.255 e. The van der Waals surface area contributed by atoms with E-state index in [0.29, 0.717) is 29.4 Å². The van der Waals surface area contributed by atoms with Crippen molar-refractivity contribution >= 4 is 28.9 Å². The van der Waals surface area contributed by atoms with Gasteiger partial charge in [0.1, 0.15) is 5.75 Å². The van der Waals surface area contributed by atoms with Crippen LogP contribution in [-0.2, 0) is 0 Å². The summed E-state index contributed by atoms with van der Waals surface area (Å²) in [4.78, 5) is 16.7. The molecule has 1 saturated heterocycles. The molecule has 0 unspecified atom stereocenters. The first kappa shape index (κ1) is 16.5. The molecule has 0 saturated carbocycles. The number of nitrogens with two attached hydrogens (primary N) is 1. The van der Waals surface area contributed by atoms with Crippen molar-refractivity contribution in [2.24, 2.45) is 0 Å². The molecule has 1 fully saturated rings. The molecule has 0 radical (unpaired) electrons. The largest absolute Gasteiger partial charge is 0.495 e. The van der Waals surface area contributed by atoms with Gasteiger partial charge in [0, 0.05) is 31.9 Å². The zero-order valence-electron chi connectivity index (χ0n) is 13.5. The Balaban J connectivity index is 1.69. The van der Waals surface area contributed by atoms with Gasteiger partial charge in [-0.3, -0.25) is 4.79 Å². The minimum atomic E-state index is -0.0559. The molecule has 2 N–H and O–H groups in total. The number of nitrogens with zero attached hydrogens (tertiary/aromatic N) is 2. The van der Waals surface area contributed by atoms with E-state index >= 15 is 0 Å². The normalized spacial score (nSPS) is 14.6. The van der Waals surface area contributed by atoms with Crippen LogP contribution < -0.4 is 15.4 Å². The van der Waals surface area contributed by atoms with Gasteiger partial charge in [-0.2, -0.15) is 0 Å². The first-order valence-electron chi connectivity index (χ1n) is 7.82. The summed E-state index contributed by atoms with van der Waals surface area (Å²) < 4.78 is 5.42. The Bertz CT molecular complexity index is 743. The summed E-state index contributed by atoms with van der Waals surface area (Å²) in [5.74, 6) is 0.790. The SMILES string of the molecule is COc1ccccc1N1CCN(C(=O)c2ccc(N)cc2Cl)CC1. The number of para-hydroxylation sites is 2. The average molecular weight is 346 g/mol. The predicted molar refractivity (Wildman–Crippen MR) is 97.0 cm³/mol. The lowest BCUT2D eigenvalue weighted by Crippen LogP contribution is -2.49. The molecule has 0 atom stereocenters. The molecule has 0 aromatic heterocycles. The molecule has 2 aromatic rings. The van der Waals surface area contributed by atoms with Crippen LogP contribution in [0.2, 0.25) is 5.02 Å². The van der Waals surface area contributed by atoms with E-state index in [4.69, 9.17) is 22.1 Å². The van der Waals surface area contributed by atoms with Crippen LogP contribution in [0.4, 0.5) is 11.4 Å². The van der Waals surface area contributed by atoms with Gasteiger partial charge in [0.05, 0.1) is 23.4 Å². The van der Waals surface area contributed by atoms with E-state index in [1.165, 1.54) is 0 Å². The Labute approximate surface area is 146 Å². The van der Waals surface area contributed by atoms with Gasteiger partial charge < -0.3 is 20.3 Å². The summed E-state index contributed by atoms with van der Waals surface area (Å²) in [6.45, 7) is 2.77. The van der Waals surface area contributed by atoms with Crippen LogP contribution in [0, 0.1) is 0 Å². The quantitative estimate of drug-likeness (QED) is 0.869. The third kappa shape index (κ3) is 3.26. The molecule has 3 rings (SSSR count). The number of piperazine rings is 1. The fraction of sp³-hybridized carbons (Fsp3) is 0.278. The van der Waals surface area contributed by atoms with Gasteiger partial charge in [0.2, 0.25) is 0 Å². The van der Waals surface area contributed by atoms with Crippen LogP contribution in [0.25, 0.3) is 0 Å². The number of hydrogen-bond donors (Lipinski definition) is 1. The minimum Gasteiger partial charge on any atom is -0.495 e. The van der Waals surface area contributed by atoms with E-state index in [2.05, 4.69) is 4.90 Å². The summed E-state index contributed by atoms with van der Waals surface area (Å²) >= 11 is 6.15. The molecule has 2 aromatic carbocycles. The van der Waals surface area contributed by atoms with Gasteiger partial charge in [-0.1, -0.05) is 23.7 Å². The number of ether oxygens (including phenoxy) is 1. The van der Waals surface area contributed by atoms with E-state index in [1.807, 2.05) is 29.2 Å². The van der Waals surface area contributed by atoms with Crippen molar-refractivity contribution in [3.8, 4) is 5.75 Å².